The third-order valence-corrected chi connectivity index (χ3v) is 6.05. The number of fused-ring (bicyclic) bond motifs is 1. The van der Waals surface area contributed by atoms with E-state index in [9.17, 15) is 23.3 Å². The van der Waals surface area contributed by atoms with E-state index in [1.165, 1.54) is 47.7 Å². The third-order valence-electron chi connectivity index (χ3n) is 3.90. The number of carbonyl (C=O) groups excluding carboxylic acids is 1. The first-order chi connectivity index (χ1) is 12.7. The lowest BCUT2D eigenvalue weighted by Gasteiger charge is -2.01. The summed E-state index contributed by atoms with van der Waals surface area (Å²) in [6.07, 6.45) is 1.07. The molecule has 0 saturated heterocycles. The number of nitro groups is 1. The van der Waals surface area contributed by atoms with Crippen LogP contribution in [0.1, 0.15) is 17.3 Å². The quantitative estimate of drug-likeness (QED) is 0.489. The predicted octanol–water partition coefficient (Wildman–Crippen LogP) is 2.78. The molecule has 1 aromatic heterocycles. The van der Waals surface area contributed by atoms with Crippen LogP contribution in [0.3, 0.4) is 0 Å². The Balaban J connectivity index is 2.12. The predicted molar refractivity (Wildman–Crippen MR) is 102 cm³/mol. The molecule has 0 radical (unpaired) electrons. The number of hydrogen-bond donors (Lipinski definition) is 0. The van der Waals surface area contributed by atoms with Crippen LogP contribution in [0, 0.1) is 10.1 Å². The van der Waals surface area contributed by atoms with Crippen molar-refractivity contribution in [1.82, 2.24) is 4.57 Å². The number of non-ortho nitro benzene ring substituents is 1. The molecule has 2 aromatic carbocycles. The first-order valence-corrected chi connectivity index (χ1v) is 10.6. The molecule has 0 saturated carbocycles. The number of amides is 1. The van der Waals surface area contributed by atoms with Gasteiger partial charge in [-0.15, -0.1) is 0 Å². The highest BCUT2D eigenvalue weighted by Crippen LogP contribution is 2.23. The van der Waals surface area contributed by atoms with Crippen molar-refractivity contribution < 1.29 is 18.1 Å². The van der Waals surface area contributed by atoms with Crippen molar-refractivity contribution in [1.29, 1.82) is 0 Å². The Bertz CT molecular complexity index is 1240. The number of aryl methyl sites for hydroxylation is 1. The highest BCUT2D eigenvalue weighted by Gasteiger charge is 2.14. The lowest BCUT2D eigenvalue weighted by molar-refractivity contribution is -0.384. The maximum Gasteiger partial charge on any atom is 0.279 e. The van der Waals surface area contributed by atoms with Crippen LogP contribution in [0.4, 0.5) is 5.69 Å². The van der Waals surface area contributed by atoms with Gasteiger partial charge in [-0.2, -0.15) is 4.99 Å². The Hall–Kier alpha value is -2.85. The van der Waals surface area contributed by atoms with E-state index in [1.807, 2.05) is 6.92 Å². The molecular formula is C17H15N3O5S2. The van der Waals surface area contributed by atoms with Gasteiger partial charge in [0.25, 0.3) is 11.6 Å². The zero-order valence-electron chi connectivity index (χ0n) is 14.4. The van der Waals surface area contributed by atoms with Crippen molar-refractivity contribution >= 4 is 43.0 Å². The summed E-state index contributed by atoms with van der Waals surface area (Å²) in [4.78, 5) is 27.6. The maximum absolute atomic E-state index is 12.5. The van der Waals surface area contributed by atoms with Gasteiger partial charge in [-0.25, -0.2) is 8.42 Å². The number of thiazole rings is 1. The second-order valence-corrected chi connectivity index (χ2v) is 8.78. The molecular weight excluding hydrogens is 390 g/mol. The van der Waals surface area contributed by atoms with Crippen molar-refractivity contribution in [3.8, 4) is 0 Å². The molecule has 27 heavy (non-hydrogen) atoms. The Morgan fingerprint density at radius 2 is 2.00 bits per heavy atom. The fourth-order valence-corrected chi connectivity index (χ4v) is 4.37. The summed E-state index contributed by atoms with van der Waals surface area (Å²) in [6, 6.07) is 10.2. The molecule has 0 aliphatic heterocycles. The smallest absolute Gasteiger partial charge is 0.279 e. The number of carbonyl (C=O) groups is 1. The monoisotopic (exact) mass is 405 g/mol. The summed E-state index contributed by atoms with van der Waals surface area (Å²) in [5.74, 6) is -0.580. The van der Waals surface area contributed by atoms with Crippen molar-refractivity contribution in [3.63, 3.8) is 0 Å². The van der Waals surface area contributed by atoms with Gasteiger partial charge in [0.05, 0.1) is 20.0 Å². The zero-order valence-corrected chi connectivity index (χ0v) is 16.1. The van der Waals surface area contributed by atoms with Gasteiger partial charge >= 0.3 is 0 Å². The number of nitrogens with zero attached hydrogens (tertiary/aromatic N) is 3. The molecule has 3 aromatic rings. The first-order valence-electron chi connectivity index (χ1n) is 7.87. The number of aromatic nitrogens is 1. The maximum atomic E-state index is 12.5. The average Bonchev–Trinajstić information content (AvgIpc) is 2.97. The third kappa shape index (κ3) is 3.81. The second-order valence-electron chi connectivity index (χ2n) is 5.75. The molecule has 1 heterocycles. The van der Waals surface area contributed by atoms with Crippen LogP contribution >= 0.6 is 11.3 Å². The lowest BCUT2D eigenvalue weighted by Crippen LogP contribution is -2.16. The Kier molecular flexibility index (Phi) is 4.94. The van der Waals surface area contributed by atoms with Gasteiger partial charge in [0, 0.05) is 30.5 Å². The SMILES string of the molecule is CCn1c(=NC(=O)c2cccc(S(C)(=O)=O)c2)sc2cc([N+](=O)[O-])ccc21. The van der Waals surface area contributed by atoms with E-state index < -0.39 is 20.7 Å². The summed E-state index contributed by atoms with van der Waals surface area (Å²) >= 11 is 1.17. The van der Waals surface area contributed by atoms with E-state index >= 15 is 0 Å². The van der Waals surface area contributed by atoms with Gasteiger partial charge in [0.1, 0.15) is 0 Å². The summed E-state index contributed by atoms with van der Waals surface area (Å²) in [6.45, 7) is 2.40. The minimum Gasteiger partial charge on any atom is -0.317 e. The van der Waals surface area contributed by atoms with Crippen molar-refractivity contribution in [2.24, 2.45) is 4.99 Å². The van der Waals surface area contributed by atoms with E-state index in [-0.39, 0.29) is 16.1 Å². The van der Waals surface area contributed by atoms with Gasteiger partial charge in [0.15, 0.2) is 14.6 Å². The van der Waals surface area contributed by atoms with Gasteiger partial charge in [-0.05, 0) is 31.2 Å². The van der Waals surface area contributed by atoms with Crippen LogP contribution in [0.25, 0.3) is 10.2 Å². The highest BCUT2D eigenvalue weighted by molar-refractivity contribution is 7.90. The summed E-state index contributed by atoms with van der Waals surface area (Å²) in [5.41, 5.74) is 0.860. The largest absolute Gasteiger partial charge is 0.317 e. The van der Waals surface area contributed by atoms with E-state index in [0.717, 1.165) is 11.8 Å². The molecule has 0 atom stereocenters. The molecule has 10 heteroatoms. The van der Waals surface area contributed by atoms with E-state index in [2.05, 4.69) is 4.99 Å². The summed E-state index contributed by atoms with van der Waals surface area (Å²) in [5, 5.41) is 11.0. The molecule has 0 aliphatic carbocycles. The fourth-order valence-electron chi connectivity index (χ4n) is 2.58. The van der Waals surface area contributed by atoms with Gasteiger partial charge < -0.3 is 4.57 Å². The van der Waals surface area contributed by atoms with E-state index in [4.69, 9.17) is 0 Å². The molecule has 0 spiro atoms. The Labute approximate surface area is 158 Å². The van der Waals surface area contributed by atoms with Gasteiger partial charge in [0.2, 0.25) is 0 Å². The summed E-state index contributed by atoms with van der Waals surface area (Å²) in [7, 11) is -3.44. The van der Waals surface area contributed by atoms with Gasteiger partial charge in [-0.1, -0.05) is 17.4 Å². The zero-order chi connectivity index (χ0) is 19.8. The van der Waals surface area contributed by atoms with Crippen LogP contribution < -0.4 is 4.80 Å². The van der Waals surface area contributed by atoms with Crippen LogP contribution in [0.15, 0.2) is 52.4 Å². The number of sulfone groups is 1. The number of nitro benzene ring substituents is 1. The molecule has 0 aliphatic rings. The Morgan fingerprint density at radius 1 is 1.26 bits per heavy atom. The average molecular weight is 405 g/mol. The van der Waals surface area contributed by atoms with Gasteiger partial charge in [-0.3, -0.25) is 14.9 Å². The van der Waals surface area contributed by atoms with Crippen molar-refractivity contribution in [2.45, 2.75) is 18.4 Å². The van der Waals surface area contributed by atoms with Crippen LogP contribution in [0.5, 0.6) is 0 Å². The molecule has 0 fully saturated rings. The molecule has 1 amide bonds. The van der Waals surface area contributed by atoms with Crippen LogP contribution in [-0.2, 0) is 16.4 Å². The molecule has 3 rings (SSSR count). The fraction of sp³-hybridized carbons (Fsp3) is 0.176. The molecule has 140 valence electrons. The van der Waals surface area contributed by atoms with E-state index in [1.54, 1.807) is 10.6 Å². The Morgan fingerprint density at radius 3 is 2.63 bits per heavy atom. The van der Waals surface area contributed by atoms with Crippen LogP contribution in [0.2, 0.25) is 0 Å². The number of benzene rings is 2. The second kappa shape index (κ2) is 7.05. The molecule has 0 N–H and O–H groups in total. The molecule has 0 bridgehead atoms. The minimum atomic E-state index is -3.44. The van der Waals surface area contributed by atoms with Crippen molar-refractivity contribution in [2.75, 3.05) is 6.26 Å². The molecule has 0 unspecified atom stereocenters. The normalized spacial score (nSPS) is 12.4. The minimum absolute atomic E-state index is 0.0364. The van der Waals surface area contributed by atoms with Crippen molar-refractivity contribution in [3.05, 3.63) is 62.9 Å². The standard InChI is InChI=1S/C17H15N3O5S2/c1-3-19-14-8-7-12(20(22)23)10-15(14)26-17(19)18-16(21)11-5-4-6-13(9-11)27(2,24)25/h4-10H,3H2,1-2H3. The highest BCUT2D eigenvalue weighted by atomic mass is 32.2. The van der Waals surface area contributed by atoms with Crippen LogP contribution in [-0.4, -0.2) is 30.1 Å². The summed E-state index contributed by atoms with van der Waals surface area (Å²) < 4.78 is 25.8. The first kappa shape index (κ1) is 18.9. The number of hydrogen-bond acceptors (Lipinski definition) is 6. The topological polar surface area (TPSA) is 112 Å². The lowest BCUT2D eigenvalue weighted by atomic mass is 10.2. The molecule has 8 nitrogen and oxygen atoms in total. The van der Waals surface area contributed by atoms with E-state index in [0.29, 0.717) is 16.0 Å². The number of rotatable bonds is 4.